The van der Waals surface area contributed by atoms with Crippen LogP contribution in [0.1, 0.15) is 11.3 Å². The van der Waals surface area contributed by atoms with Gasteiger partial charge >= 0.3 is 0 Å². The average molecular weight is 327 g/mol. The molecule has 2 aromatic carbocycles. The lowest BCUT2D eigenvalue weighted by molar-refractivity contribution is 0.355. The van der Waals surface area contributed by atoms with Gasteiger partial charge in [0.2, 0.25) is 5.28 Å². The van der Waals surface area contributed by atoms with Crippen molar-refractivity contribution in [1.82, 2.24) is 9.97 Å². The Labute approximate surface area is 139 Å². The Hall–Kier alpha value is -2.59. The second-order valence-electron chi connectivity index (χ2n) is 4.91. The summed E-state index contributed by atoms with van der Waals surface area (Å²) in [5.41, 5.74) is 3.10. The highest BCUT2D eigenvalue weighted by Gasteiger charge is 2.13. The van der Waals surface area contributed by atoms with Crippen LogP contribution in [-0.4, -0.2) is 24.2 Å². The Kier molecular flexibility index (Phi) is 4.17. The summed E-state index contributed by atoms with van der Waals surface area (Å²) >= 11 is 6.05. The number of hydrogen-bond acceptors (Lipinski definition) is 4. The van der Waals surface area contributed by atoms with Gasteiger partial charge in [-0.05, 0) is 35.4 Å². The number of methoxy groups -OCH3 is 2. The van der Waals surface area contributed by atoms with Gasteiger partial charge in [0.05, 0.1) is 25.4 Å². The van der Waals surface area contributed by atoms with Gasteiger partial charge in [0, 0.05) is 11.0 Å². The van der Waals surface area contributed by atoms with E-state index in [9.17, 15) is 0 Å². The first-order valence-electron chi connectivity index (χ1n) is 6.98. The average Bonchev–Trinajstić information content (AvgIpc) is 2.59. The molecule has 0 aliphatic rings. The second kappa shape index (κ2) is 6.26. The molecule has 0 amide bonds. The first-order chi connectivity index (χ1) is 11.1. The number of nitrogens with zero attached hydrogens (tertiary/aromatic N) is 2. The Bertz CT molecular complexity index is 893. The van der Waals surface area contributed by atoms with Crippen molar-refractivity contribution >= 4 is 28.1 Å². The van der Waals surface area contributed by atoms with E-state index in [0.29, 0.717) is 17.2 Å². The fourth-order valence-electron chi connectivity index (χ4n) is 2.44. The molecule has 0 spiro atoms. The van der Waals surface area contributed by atoms with E-state index in [4.69, 9.17) is 21.1 Å². The molecule has 0 radical (unpaired) electrons. The second-order valence-corrected chi connectivity index (χ2v) is 5.24. The molecule has 0 aliphatic heterocycles. The van der Waals surface area contributed by atoms with Gasteiger partial charge in [-0.2, -0.15) is 0 Å². The predicted octanol–water partition coefficient (Wildman–Crippen LogP) is 4.36. The largest absolute Gasteiger partial charge is 0.493 e. The van der Waals surface area contributed by atoms with Crippen LogP contribution in [0.15, 0.2) is 49.0 Å². The number of ether oxygens (including phenoxy) is 2. The van der Waals surface area contributed by atoms with E-state index in [2.05, 4.69) is 16.5 Å². The third-order valence-electron chi connectivity index (χ3n) is 3.59. The van der Waals surface area contributed by atoms with Crippen LogP contribution < -0.4 is 9.47 Å². The molecule has 0 saturated heterocycles. The van der Waals surface area contributed by atoms with Crippen molar-refractivity contribution in [3.05, 3.63) is 65.6 Å². The molecule has 0 N–H and O–H groups in total. The lowest BCUT2D eigenvalue weighted by Gasteiger charge is -2.12. The molecule has 1 aromatic heterocycles. The van der Waals surface area contributed by atoms with E-state index in [1.165, 1.54) is 0 Å². The maximum atomic E-state index is 6.05. The van der Waals surface area contributed by atoms with Gasteiger partial charge in [-0.15, -0.1) is 0 Å². The summed E-state index contributed by atoms with van der Waals surface area (Å²) in [6.07, 6.45) is 0. The summed E-state index contributed by atoms with van der Waals surface area (Å²) in [5, 5.41) is 1.09. The van der Waals surface area contributed by atoms with Crippen molar-refractivity contribution in [2.45, 2.75) is 0 Å². The number of benzene rings is 2. The van der Waals surface area contributed by atoms with E-state index in [0.717, 1.165) is 22.0 Å². The van der Waals surface area contributed by atoms with Gasteiger partial charge < -0.3 is 9.47 Å². The Balaban J connectivity index is 2.14. The first kappa shape index (κ1) is 15.3. The van der Waals surface area contributed by atoms with E-state index >= 15 is 0 Å². The van der Waals surface area contributed by atoms with Crippen molar-refractivity contribution in [1.29, 1.82) is 0 Å². The highest BCUT2D eigenvalue weighted by molar-refractivity contribution is 6.28. The van der Waals surface area contributed by atoms with E-state index in [-0.39, 0.29) is 5.28 Å². The normalized spacial score (nSPS) is 10.6. The van der Waals surface area contributed by atoms with Crippen LogP contribution in [0, 0.1) is 0 Å². The zero-order valence-electron chi connectivity index (χ0n) is 12.8. The number of fused-ring (bicyclic) bond motifs is 1. The van der Waals surface area contributed by atoms with Crippen LogP contribution in [0.5, 0.6) is 11.5 Å². The molecule has 0 atom stereocenters. The fourth-order valence-corrected chi connectivity index (χ4v) is 2.61. The molecular formula is C18H15ClN2O2. The van der Waals surface area contributed by atoms with Gasteiger partial charge in [-0.25, -0.2) is 9.97 Å². The van der Waals surface area contributed by atoms with Crippen molar-refractivity contribution < 1.29 is 9.47 Å². The molecule has 0 unspecified atom stereocenters. The predicted molar refractivity (Wildman–Crippen MR) is 92.2 cm³/mol. The van der Waals surface area contributed by atoms with Crippen molar-refractivity contribution in [3.8, 4) is 11.5 Å². The molecule has 116 valence electrons. The number of rotatable bonds is 4. The summed E-state index contributed by atoms with van der Waals surface area (Å²) in [6, 6.07) is 13.3. The first-order valence-corrected chi connectivity index (χ1v) is 7.36. The van der Waals surface area contributed by atoms with Crippen molar-refractivity contribution in [3.63, 3.8) is 0 Å². The molecule has 3 rings (SSSR count). The summed E-state index contributed by atoms with van der Waals surface area (Å²) in [5.74, 6) is 1.30. The van der Waals surface area contributed by atoms with Gasteiger partial charge in [-0.3, -0.25) is 0 Å². The Morgan fingerprint density at radius 1 is 1.00 bits per heavy atom. The molecule has 0 saturated carbocycles. The molecule has 4 nitrogen and oxygen atoms in total. The summed E-state index contributed by atoms with van der Waals surface area (Å²) in [4.78, 5) is 8.60. The van der Waals surface area contributed by atoms with E-state index < -0.39 is 0 Å². The number of para-hydroxylation sites is 1. The zero-order chi connectivity index (χ0) is 16.4. The lowest BCUT2D eigenvalue weighted by atomic mass is 10.0. The smallest absolute Gasteiger partial charge is 0.223 e. The molecule has 0 fully saturated rings. The number of halogens is 1. The highest BCUT2D eigenvalue weighted by Crippen LogP contribution is 2.33. The maximum Gasteiger partial charge on any atom is 0.223 e. The third-order valence-corrected chi connectivity index (χ3v) is 3.76. The van der Waals surface area contributed by atoms with Crippen LogP contribution in [0.2, 0.25) is 5.28 Å². The molecule has 23 heavy (non-hydrogen) atoms. The lowest BCUT2D eigenvalue weighted by Crippen LogP contribution is -1.97. The summed E-state index contributed by atoms with van der Waals surface area (Å²) in [7, 11) is 3.20. The monoisotopic (exact) mass is 326 g/mol. The molecule has 5 heteroatoms. The van der Waals surface area contributed by atoms with Crippen molar-refractivity contribution in [2.75, 3.05) is 14.2 Å². The van der Waals surface area contributed by atoms with Gasteiger partial charge in [0.25, 0.3) is 0 Å². The topological polar surface area (TPSA) is 44.2 Å². The molecular weight excluding hydrogens is 312 g/mol. The van der Waals surface area contributed by atoms with Crippen LogP contribution in [-0.2, 0) is 0 Å². The zero-order valence-corrected chi connectivity index (χ0v) is 13.6. The standard InChI is InChI=1S/C18H15ClN2O2/c1-11(12-8-9-15(22-2)16(10-12)23-3)17-13-6-4-5-7-14(13)20-18(19)21-17/h4-10H,1H2,2-3H3. The third kappa shape index (κ3) is 2.85. The maximum absolute atomic E-state index is 6.05. The fraction of sp³-hybridized carbons (Fsp3) is 0.111. The van der Waals surface area contributed by atoms with Crippen LogP contribution >= 0.6 is 11.6 Å². The Morgan fingerprint density at radius 2 is 1.74 bits per heavy atom. The molecule has 0 bridgehead atoms. The van der Waals surface area contributed by atoms with E-state index in [1.807, 2.05) is 42.5 Å². The highest BCUT2D eigenvalue weighted by atomic mass is 35.5. The van der Waals surface area contributed by atoms with Crippen molar-refractivity contribution in [2.24, 2.45) is 0 Å². The van der Waals surface area contributed by atoms with Gasteiger partial charge in [-0.1, -0.05) is 30.8 Å². The molecule has 3 aromatic rings. The molecule has 1 heterocycles. The summed E-state index contributed by atoms with van der Waals surface area (Å²) in [6.45, 7) is 4.17. The quantitative estimate of drug-likeness (QED) is 0.668. The van der Waals surface area contributed by atoms with Crippen LogP contribution in [0.25, 0.3) is 16.5 Å². The number of hydrogen-bond donors (Lipinski definition) is 0. The molecule has 0 aliphatic carbocycles. The SMILES string of the molecule is C=C(c1ccc(OC)c(OC)c1)c1nc(Cl)nc2ccccc12. The minimum Gasteiger partial charge on any atom is -0.493 e. The van der Waals surface area contributed by atoms with Gasteiger partial charge in [0.1, 0.15) is 0 Å². The van der Waals surface area contributed by atoms with Gasteiger partial charge in [0.15, 0.2) is 11.5 Å². The minimum atomic E-state index is 0.195. The number of aromatic nitrogens is 2. The Morgan fingerprint density at radius 3 is 2.48 bits per heavy atom. The minimum absolute atomic E-state index is 0.195. The summed E-state index contributed by atoms with van der Waals surface area (Å²) < 4.78 is 10.6. The van der Waals surface area contributed by atoms with Crippen LogP contribution in [0.3, 0.4) is 0 Å². The van der Waals surface area contributed by atoms with Crippen LogP contribution in [0.4, 0.5) is 0 Å². The van der Waals surface area contributed by atoms with E-state index in [1.54, 1.807) is 14.2 Å².